The molecule has 2 aromatic rings. The third kappa shape index (κ3) is 5.13. The smallest absolute Gasteiger partial charge is 0.241 e. The van der Waals surface area contributed by atoms with Crippen molar-refractivity contribution < 1.29 is 4.79 Å². The highest BCUT2D eigenvalue weighted by Gasteiger charge is 2.17. The molecule has 1 fully saturated rings. The minimum Gasteiger partial charge on any atom is -0.369 e. The summed E-state index contributed by atoms with van der Waals surface area (Å²) in [6, 6.07) is 16.1. The summed E-state index contributed by atoms with van der Waals surface area (Å²) in [4.78, 5) is 21.0. The lowest BCUT2D eigenvalue weighted by molar-refractivity contribution is -0.121. The van der Waals surface area contributed by atoms with Gasteiger partial charge < -0.3 is 4.90 Å². The number of rotatable bonds is 6. The average molecular weight is 351 g/mol. The molecule has 6 heteroatoms. The molecule has 1 aromatic carbocycles. The Bertz CT molecular complexity index is 724. The second-order valence-corrected chi connectivity index (χ2v) is 6.36. The first-order valence-electron chi connectivity index (χ1n) is 8.99. The third-order valence-corrected chi connectivity index (χ3v) is 4.53. The minimum atomic E-state index is -0.0641. The Kier molecular flexibility index (Phi) is 6.33. The zero-order valence-corrected chi connectivity index (χ0v) is 15.1. The summed E-state index contributed by atoms with van der Waals surface area (Å²) >= 11 is 0. The fraction of sp³-hybridized carbons (Fsp3) is 0.350. The van der Waals surface area contributed by atoms with Crippen LogP contribution in [0.15, 0.2) is 59.8 Å². The molecule has 1 aliphatic heterocycles. The first-order chi connectivity index (χ1) is 12.7. The molecule has 1 aromatic heterocycles. The summed E-state index contributed by atoms with van der Waals surface area (Å²) in [5, 5.41) is 4.14. The van der Waals surface area contributed by atoms with Crippen LogP contribution >= 0.6 is 0 Å². The Morgan fingerprint density at radius 2 is 1.81 bits per heavy atom. The highest BCUT2D eigenvalue weighted by Crippen LogP contribution is 2.15. The number of piperazine rings is 1. The molecule has 0 aliphatic carbocycles. The Labute approximate surface area is 154 Å². The van der Waals surface area contributed by atoms with Crippen molar-refractivity contribution in [3.63, 3.8) is 0 Å². The summed E-state index contributed by atoms with van der Waals surface area (Å²) in [5.74, 6) is -0.0641. The lowest BCUT2D eigenvalue weighted by Gasteiger charge is -2.36. The predicted molar refractivity (Wildman–Crippen MR) is 104 cm³/mol. The third-order valence-electron chi connectivity index (χ3n) is 4.53. The molecule has 6 nitrogen and oxygen atoms in total. The molecule has 0 spiro atoms. The zero-order chi connectivity index (χ0) is 18.2. The van der Waals surface area contributed by atoms with E-state index in [-0.39, 0.29) is 5.91 Å². The lowest BCUT2D eigenvalue weighted by Crippen LogP contribution is -2.47. The molecule has 1 N–H and O–H groups in total. The van der Waals surface area contributed by atoms with Gasteiger partial charge in [-0.2, -0.15) is 5.10 Å². The molecule has 26 heavy (non-hydrogen) atoms. The first kappa shape index (κ1) is 18.1. The SMILES string of the molecule is CC(=NNC(=O)CCN1CCN(c2ccccc2)CC1)c1ccccn1. The van der Waals surface area contributed by atoms with Gasteiger partial charge in [0.15, 0.2) is 0 Å². The molecule has 0 atom stereocenters. The van der Waals surface area contributed by atoms with Gasteiger partial charge in [0.05, 0.1) is 11.4 Å². The van der Waals surface area contributed by atoms with Crippen molar-refractivity contribution in [2.24, 2.45) is 5.10 Å². The monoisotopic (exact) mass is 351 g/mol. The topological polar surface area (TPSA) is 60.8 Å². The van der Waals surface area contributed by atoms with E-state index in [4.69, 9.17) is 0 Å². The lowest BCUT2D eigenvalue weighted by atomic mass is 10.2. The highest BCUT2D eigenvalue weighted by atomic mass is 16.2. The number of anilines is 1. The van der Waals surface area contributed by atoms with E-state index in [9.17, 15) is 4.79 Å². The molecule has 3 rings (SSSR count). The van der Waals surface area contributed by atoms with Crippen LogP contribution in [0.2, 0.25) is 0 Å². The Balaban J connectivity index is 1.39. The van der Waals surface area contributed by atoms with Crippen molar-refractivity contribution >= 4 is 17.3 Å². The van der Waals surface area contributed by atoms with Crippen molar-refractivity contribution in [1.82, 2.24) is 15.3 Å². The number of carbonyl (C=O) groups excluding carboxylic acids is 1. The number of pyridine rings is 1. The van der Waals surface area contributed by atoms with Gasteiger partial charge in [0, 0.05) is 51.0 Å². The quantitative estimate of drug-likeness (QED) is 0.640. The largest absolute Gasteiger partial charge is 0.369 e. The maximum Gasteiger partial charge on any atom is 0.241 e. The van der Waals surface area contributed by atoms with E-state index in [1.165, 1.54) is 5.69 Å². The molecule has 136 valence electrons. The molecule has 0 bridgehead atoms. The van der Waals surface area contributed by atoms with Crippen molar-refractivity contribution in [2.75, 3.05) is 37.6 Å². The van der Waals surface area contributed by atoms with Crippen LogP contribution in [-0.4, -0.2) is 54.2 Å². The number of amides is 1. The van der Waals surface area contributed by atoms with Crippen LogP contribution in [0.25, 0.3) is 0 Å². The van der Waals surface area contributed by atoms with Gasteiger partial charge in [-0.1, -0.05) is 24.3 Å². The van der Waals surface area contributed by atoms with Gasteiger partial charge in [0.25, 0.3) is 0 Å². The Hall–Kier alpha value is -2.73. The van der Waals surface area contributed by atoms with E-state index < -0.39 is 0 Å². The fourth-order valence-electron chi connectivity index (χ4n) is 2.96. The van der Waals surface area contributed by atoms with Crippen LogP contribution in [0, 0.1) is 0 Å². The molecule has 2 heterocycles. The van der Waals surface area contributed by atoms with E-state index in [0.29, 0.717) is 12.1 Å². The van der Waals surface area contributed by atoms with Gasteiger partial charge >= 0.3 is 0 Å². The van der Waals surface area contributed by atoms with Crippen molar-refractivity contribution in [3.05, 3.63) is 60.4 Å². The van der Waals surface area contributed by atoms with Gasteiger partial charge in [-0.05, 0) is 31.2 Å². The van der Waals surface area contributed by atoms with E-state index in [0.717, 1.165) is 38.4 Å². The molecule has 0 unspecified atom stereocenters. The summed E-state index contributed by atoms with van der Waals surface area (Å²) in [6.45, 7) is 6.51. The summed E-state index contributed by atoms with van der Waals surface area (Å²) in [6.07, 6.45) is 2.16. The van der Waals surface area contributed by atoms with Gasteiger partial charge in [-0.25, -0.2) is 5.43 Å². The number of hydrogen-bond acceptors (Lipinski definition) is 5. The van der Waals surface area contributed by atoms with Crippen molar-refractivity contribution in [2.45, 2.75) is 13.3 Å². The average Bonchev–Trinajstić information content (AvgIpc) is 2.72. The number of hydrazone groups is 1. The summed E-state index contributed by atoms with van der Waals surface area (Å²) in [5.41, 5.74) is 5.37. The van der Waals surface area contributed by atoms with Crippen LogP contribution in [0.5, 0.6) is 0 Å². The summed E-state index contributed by atoms with van der Waals surface area (Å²) in [7, 11) is 0. The minimum absolute atomic E-state index is 0.0641. The second-order valence-electron chi connectivity index (χ2n) is 6.36. The highest BCUT2D eigenvalue weighted by molar-refractivity contribution is 5.97. The van der Waals surface area contributed by atoms with Crippen LogP contribution in [0.4, 0.5) is 5.69 Å². The van der Waals surface area contributed by atoms with Crippen LogP contribution in [-0.2, 0) is 4.79 Å². The molecule has 0 saturated carbocycles. The molecular weight excluding hydrogens is 326 g/mol. The zero-order valence-electron chi connectivity index (χ0n) is 15.1. The fourth-order valence-corrected chi connectivity index (χ4v) is 2.96. The maximum atomic E-state index is 12.0. The van der Waals surface area contributed by atoms with E-state index in [1.807, 2.05) is 31.2 Å². The normalized spacial score (nSPS) is 15.7. The van der Waals surface area contributed by atoms with Crippen LogP contribution in [0.3, 0.4) is 0 Å². The molecular formula is C20H25N5O. The van der Waals surface area contributed by atoms with Crippen molar-refractivity contribution in [3.8, 4) is 0 Å². The number of benzene rings is 1. The molecule has 1 amide bonds. The number of para-hydroxylation sites is 1. The molecule has 1 saturated heterocycles. The van der Waals surface area contributed by atoms with E-state index in [2.05, 4.69) is 49.6 Å². The summed E-state index contributed by atoms with van der Waals surface area (Å²) < 4.78 is 0. The van der Waals surface area contributed by atoms with Gasteiger partial charge in [-0.15, -0.1) is 0 Å². The van der Waals surface area contributed by atoms with E-state index >= 15 is 0 Å². The van der Waals surface area contributed by atoms with Crippen LogP contribution in [0.1, 0.15) is 19.0 Å². The van der Waals surface area contributed by atoms with Gasteiger partial charge in [-0.3, -0.25) is 14.7 Å². The second kappa shape index (κ2) is 9.10. The number of nitrogens with one attached hydrogen (secondary N) is 1. The standard InChI is InChI=1S/C20H25N5O/c1-17(19-9-5-6-11-21-19)22-23-20(26)10-12-24-13-15-25(16-14-24)18-7-3-2-4-8-18/h2-9,11H,10,12-16H2,1H3,(H,23,26). The number of carbonyl (C=O) groups is 1. The predicted octanol–water partition coefficient (Wildman–Crippen LogP) is 2.13. The van der Waals surface area contributed by atoms with Gasteiger partial charge in [0.1, 0.15) is 0 Å². The van der Waals surface area contributed by atoms with Crippen molar-refractivity contribution in [1.29, 1.82) is 0 Å². The van der Waals surface area contributed by atoms with Crippen LogP contribution < -0.4 is 10.3 Å². The molecule has 1 aliphatic rings. The molecule has 0 radical (unpaired) electrons. The number of aromatic nitrogens is 1. The Morgan fingerprint density at radius 3 is 2.50 bits per heavy atom. The van der Waals surface area contributed by atoms with E-state index in [1.54, 1.807) is 6.20 Å². The van der Waals surface area contributed by atoms with Gasteiger partial charge in [0.2, 0.25) is 5.91 Å². The maximum absolute atomic E-state index is 12.0. The Morgan fingerprint density at radius 1 is 1.08 bits per heavy atom. The first-order valence-corrected chi connectivity index (χ1v) is 8.99. The number of nitrogens with zero attached hydrogens (tertiary/aromatic N) is 4. The number of hydrogen-bond donors (Lipinski definition) is 1.